The van der Waals surface area contributed by atoms with Crippen LogP contribution >= 0.6 is 11.6 Å². The maximum atomic E-state index is 13.3. The summed E-state index contributed by atoms with van der Waals surface area (Å²) >= 11 is 6.10. The first-order valence-electron chi connectivity index (χ1n) is 10.9. The fraction of sp³-hybridized carbons (Fsp3) is 0.636. The van der Waals surface area contributed by atoms with Crippen LogP contribution in [0.3, 0.4) is 0 Å². The van der Waals surface area contributed by atoms with Crippen LogP contribution in [0.2, 0.25) is 5.15 Å². The van der Waals surface area contributed by atoms with Gasteiger partial charge in [0.2, 0.25) is 0 Å². The minimum Gasteiger partial charge on any atom is -0.444 e. The Kier molecular flexibility index (Phi) is 5.85. The first kappa shape index (κ1) is 21.9. The number of hydrogen-bond donors (Lipinski definition) is 1. The molecular weight excluding hydrogens is 418 g/mol. The molecule has 4 rings (SSSR count). The Balaban J connectivity index is 1.50. The van der Waals surface area contributed by atoms with Gasteiger partial charge in [-0.25, -0.2) is 14.8 Å². The number of anilines is 1. The molecule has 31 heavy (non-hydrogen) atoms. The first-order chi connectivity index (χ1) is 14.6. The molecule has 2 aliphatic rings. The van der Waals surface area contributed by atoms with E-state index in [-0.39, 0.29) is 23.6 Å². The highest BCUT2D eigenvalue weighted by Crippen LogP contribution is 2.39. The molecule has 1 amide bonds. The molecular formula is C22H30ClN5O3. The van der Waals surface area contributed by atoms with Gasteiger partial charge < -0.3 is 15.0 Å². The van der Waals surface area contributed by atoms with Crippen molar-refractivity contribution in [3.8, 4) is 0 Å². The van der Waals surface area contributed by atoms with Crippen LogP contribution in [-0.2, 0) is 4.74 Å². The third-order valence-electron chi connectivity index (χ3n) is 5.91. The van der Waals surface area contributed by atoms with Gasteiger partial charge in [0.25, 0.3) is 5.56 Å². The molecule has 9 heteroatoms. The van der Waals surface area contributed by atoms with Crippen LogP contribution in [0.5, 0.6) is 0 Å². The van der Waals surface area contributed by atoms with Crippen LogP contribution in [0, 0.1) is 11.8 Å². The average Bonchev–Trinajstić information content (AvgIpc) is 3.42. The van der Waals surface area contributed by atoms with Crippen molar-refractivity contribution in [3.05, 3.63) is 27.6 Å². The Morgan fingerprint density at radius 1 is 1.29 bits per heavy atom. The summed E-state index contributed by atoms with van der Waals surface area (Å²) in [5.41, 5.74) is 0.478. The summed E-state index contributed by atoms with van der Waals surface area (Å²) < 4.78 is 7.20. The number of nitrogens with one attached hydrogen (secondary N) is 1. The quantitative estimate of drug-likeness (QED) is 0.694. The summed E-state index contributed by atoms with van der Waals surface area (Å²) in [5.74, 6) is 1.02. The summed E-state index contributed by atoms with van der Waals surface area (Å²) in [6, 6.07) is 3.52. The molecule has 1 N–H and O–H groups in total. The third kappa shape index (κ3) is 4.95. The second-order valence-corrected chi connectivity index (χ2v) is 10.0. The number of likely N-dealkylation sites (tertiary alicyclic amines) is 1. The summed E-state index contributed by atoms with van der Waals surface area (Å²) in [6.07, 6.45) is 2.79. The fourth-order valence-corrected chi connectivity index (χ4v) is 4.22. The molecule has 3 heterocycles. The Morgan fingerprint density at radius 2 is 2.03 bits per heavy atom. The standard InChI is InChI=1S/C22H30ClN5O3/c1-13(15-5-6-15)28-19-16(7-8-17(23)26-19)25-18(20(28)29)24-11-14-9-10-27(12-14)21(30)31-22(2,3)4/h7-8,13-15H,5-6,9-12H2,1-4H3,(H,24,25)/t13?,14-/m1/s1. The lowest BCUT2D eigenvalue weighted by molar-refractivity contribution is 0.0289. The molecule has 1 unspecified atom stereocenters. The predicted molar refractivity (Wildman–Crippen MR) is 121 cm³/mol. The summed E-state index contributed by atoms with van der Waals surface area (Å²) in [7, 11) is 0. The van der Waals surface area contributed by atoms with E-state index in [9.17, 15) is 9.59 Å². The second kappa shape index (κ2) is 8.30. The normalized spacial score (nSPS) is 20.2. The Bertz CT molecular complexity index is 1040. The Hall–Kier alpha value is -2.35. The summed E-state index contributed by atoms with van der Waals surface area (Å²) in [4.78, 5) is 36.2. The van der Waals surface area contributed by atoms with E-state index in [4.69, 9.17) is 16.3 Å². The number of carbonyl (C=O) groups excluding carboxylic acids is 1. The van der Waals surface area contributed by atoms with E-state index in [0.29, 0.717) is 47.7 Å². The molecule has 1 saturated carbocycles. The number of hydrogen-bond acceptors (Lipinski definition) is 6. The van der Waals surface area contributed by atoms with Crippen LogP contribution in [-0.4, -0.2) is 50.8 Å². The lowest BCUT2D eigenvalue weighted by Crippen LogP contribution is -2.36. The van der Waals surface area contributed by atoms with E-state index < -0.39 is 5.60 Å². The van der Waals surface area contributed by atoms with Gasteiger partial charge in [-0.15, -0.1) is 0 Å². The van der Waals surface area contributed by atoms with Crippen LogP contribution in [0.15, 0.2) is 16.9 Å². The van der Waals surface area contributed by atoms with Crippen molar-refractivity contribution >= 4 is 34.7 Å². The second-order valence-electron chi connectivity index (χ2n) is 9.65. The van der Waals surface area contributed by atoms with Crippen LogP contribution in [0.25, 0.3) is 11.2 Å². The van der Waals surface area contributed by atoms with E-state index in [1.165, 1.54) is 0 Å². The van der Waals surface area contributed by atoms with Gasteiger partial charge in [0.05, 0.1) is 0 Å². The van der Waals surface area contributed by atoms with E-state index in [1.54, 1.807) is 21.6 Å². The number of rotatable bonds is 5. The minimum absolute atomic E-state index is 0.0404. The lowest BCUT2D eigenvalue weighted by Gasteiger charge is -2.24. The maximum absolute atomic E-state index is 13.3. The van der Waals surface area contributed by atoms with Crippen molar-refractivity contribution < 1.29 is 9.53 Å². The highest BCUT2D eigenvalue weighted by molar-refractivity contribution is 6.29. The Labute approximate surface area is 186 Å². The third-order valence-corrected chi connectivity index (χ3v) is 6.12. The van der Waals surface area contributed by atoms with Crippen molar-refractivity contribution in [3.63, 3.8) is 0 Å². The SMILES string of the molecule is CC(C1CC1)n1c(=O)c(NC[C@H]2CCN(C(=O)OC(C)(C)C)C2)nc2ccc(Cl)nc21. The fourth-order valence-electron chi connectivity index (χ4n) is 4.08. The Morgan fingerprint density at radius 3 is 2.71 bits per heavy atom. The molecule has 0 bridgehead atoms. The monoisotopic (exact) mass is 447 g/mol. The number of halogens is 1. The zero-order chi connectivity index (χ0) is 22.3. The minimum atomic E-state index is -0.511. The van der Waals surface area contributed by atoms with Gasteiger partial charge in [0.1, 0.15) is 16.3 Å². The van der Waals surface area contributed by atoms with Crippen LogP contribution in [0.4, 0.5) is 10.6 Å². The van der Waals surface area contributed by atoms with Gasteiger partial charge in [-0.05, 0) is 70.9 Å². The molecule has 2 aromatic heterocycles. The number of nitrogens with zero attached hydrogens (tertiary/aromatic N) is 4. The average molecular weight is 448 g/mol. The van der Waals surface area contributed by atoms with E-state index in [2.05, 4.69) is 22.2 Å². The number of ether oxygens (including phenoxy) is 1. The van der Waals surface area contributed by atoms with Crippen LogP contribution in [0.1, 0.15) is 53.0 Å². The van der Waals surface area contributed by atoms with Gasteiger partial charge >= 0.3 is 6.09 Å². The molecule has 0 spiro atoms. The van der Waals surface area contributed by atoms with Crippen molar-refractivity contribution in [2.45, 2.75) is 58.6 Å². The molecule has 2 atom stereocenters. The number of carbonyl (C=O) groups is 1. The zero-order valence-corrected chi connectivity index (χ0v) is 19.3. The molecule has 168 valence electrons. The van der Waals surface area contributed by atoms with E-state index in [1.807, 2.05) is 20.8 Å². The molecule has 1 saturated heterocycles. The molecule has 8 nitrogen and oxygen atoms in total. The van der Waals surface area contributed by atoms with Gasteiger partial charge in [0.15, 0.2) is 11.5 Å². The first-order valence-corrected chi connectivity index (χ1v) is 11.3. The number of fused-ring (bicyclic) bond motifs is 1. The van der Waals surface area contributed by atoms with Crippen molar-refractivity contribution in [1.82, 2.24) is 19.4 Å². The van der Waals surface area contributed by atoms with Crippen molar-refractivity contribution in [2.24, 2.45) is 11.8 Å². The maximum Gasteiger partial charge on any atom is 0.410 e. The number of pyridine rings is 1. The van der Waals surface area contributed by atoms with Gasteiger partial charge in [-0.1, -0.05) is 11.6 Å². The van der Waals surface area contributed by atoms with Gasteiger partial charge in [-0.2, -0.15) is 0 Å². The smallest absolute Gasteiger partial charge is 0.410 e. The summed E-state index contributed by atoms with van der Waals surface area (Å²) in [6.45, 7) is 9.45. The van der Waals surface area contributed by atoms with E-state index >= 15 is 0 Å². The largest absolute Gasteiger partial charge is 0.444 e. The highest BCUT2D eigenvalue weighted by atomic mass is 35.5. The molecule has 0 aromatic carbocycles. The highest BCUT2D eigenvalue weighted by Gasteiger charge is 2.32. The number of amides is 1. The van der Waals surface area contributed by atoms with Crippen LogP contribution < -0.4 is 10.9 Å². The van der Waals surface area contributed by atoms with Gasteiger partial charge in [0, 0.05) is 25.7 Å². The van der Waals surface area contributed by atoms with Gasteiger partial charge in [-0.3, -0.25) is 9.36 Å². The molecule has 0 radical (unpaired) electrons. The lowest BCUT2D eigenvalue weighted by atomic mass is 10.1. The molecule has 1 aliphatic heterocycles. The van der Waals surface area contributed by atoms with E-state index in [0.717, 1.165) is 19.3 Å². The zero-order valence-electron chi connectivity index (χ0n) is 18.5. The number of aromatic nitrogens is 3. The molecule has 2 fully saturated rings. The summed E-state index contributed by atoms with van der Waals surface area (Å²) in [5, 5.41) is 3.59. The van der Waals surface area contributed by atoms with Crippen molar-refractivity contribution in [1.29, 1.82) is 0 Å². The topological polar surface area (TPSA) is 89.4 Å². The molecule has 2 aromatic rings. The van der Waals surface area contributed by atoms with Crippen molar-refractivity contribution in [2.75, 3.05) is 25.0 Å². The molecule has 1 aliphatic carbocycles. The predicted octanol–water partition coefficient (Wildman–Crippen LogP) is 4.08.